The lowest BCUT2D eigenvalue weighted by Crippen LogP contribution is -2.22. The van der Waals surface area contributed by atoms with Gasteiger partial charge < -0.3 is 9.52 Å². The van der Waals surface area contributed by atoms with E-state index in [1.807, 2.05) is 18.2 Å². The van der Waals surface area contributed by atoms with Crippen molar-refractivity contribution in [3.63, 3.8) is 0 Å². The van der Waals surface area contributed by atoms with Crippen molar-refractivity contribution < 1.29 is 9.52 Å². The van der Waals surface area contributed by atoms with E-state index < -0.39 is 11.2 Å². The Labute approximate surface area is 125 Å². The summed E-state index contributed by atoms with van der Waals surface area (Å²) in [4.78, 5) is 24.3. The van der Waals surface area contributed by atoms with Gasteiger partial charge in [0.25, 0.3) is 5.56 Å². The van der Waals surface area contributed by atoms with Gasteiger partial charge in [0.1, 0.15) is 16.8 Å². The molecule has 0 aliphatic rings. The first kappa shape index (κ1) is 14.1. The number of aryl methyl sites for hydroxylation is 1. The van der Waals surface area contributed by atoms with Crippen LogP contribution in [0.25, 0.3) is 22.2 Å². The van der Waals surface area contributed by atoms with Crippen molar-refractivity contribution in [3.05, 3.63) is 56.7 Å². The van der Waals surface area contributed by atoms with Gasteiger partial charge in [-0.2, -0.15) is 5.10 Å². The number of fused-ring (bicyclic) bond motifs is 1. The molecular weight excluding hydrogens is 284 g/mol. The zero-order chi connectivity index (χ0) is 15.9. The molecule has 0 atom stereocenters. The fraction of sp³-hybridized carbons (Fsp3) is 0.188. The topological polar surface area (TPSA) is 85.3 Å². The van der Waals surface area contributed by atoms with Crippen molar-refractivity contribution in [2.45, 2.75) is 13.3 Å². The molecule has 2 aromatic heterocycles. The maximum atomic E-state index is 12.3. The molecule has 22 heavy (non-hydrogen) atoms. The van der Waals surface area contributed by atoms with Gasteiger partial charge in [-0.3, -0.25) is 4.79 Å². The van der Waals surface area contributed by atoms with Crippen LogP contribution in [0, 0.1) is 0 Å². The molecule has 0 amide bonds. The molecule has 3 rings (SSSR count). The molecule has 6 heteroatoms. The third-order valence-corrected chi connectivity index (χ3v) is 3.56. The lowest BCUT2D eigenvalue weighted by Gasteiger charge is -2.09. The number of rotatable bonds is 2. The smallest absolute Gasteiger partial charge is 0.343 e. The molecule has 112 valence electrons. The Balaban J connectivity index is 2.54. The van der Waals surface area contributed by atoms with Crippen LogP contribution in [0.1, 0.15) is 12.5 Å². The van der Waals surface area contributed by atoms with E-state index in [1.54, 1.807) is 19.1 Å². The predicted molar refractivity (Wildman–Crippen MR) is 82.0 cm³/mol. The molecule has 1 N–H and O–H groups in total. The molecule has 0 aliphatic heterocycles. The summed E-state index contributed by atoms with van der Waals surface area (Å²) >= 11 is 0. The number of hydrogen-bond donors (Lipinski definition) is 1. The molecule has 1 aromatic carbocycles. The fourth-order valence-corrected chi connectivity index (χ4v) is 2.42. The quantitative estimate of drug-likeness (QED) is 0.780. The minimum Gasteiger partial charge on any atom is -0.506 e. The summed E-state index contributed by atoms with van der Waals surface area (Å²) in [6.45, 7) is 1.71. The van der Waals surface area contributed by atoms with Gasteiger partial charge in [0.05, 0.1) is 5.56 Å². The summed E-state index contributed by atoms with van der Waals surface area (Å²) in [5.41, 5.74) is -0.0307. The minimum atomic E-state index is -0.653. The number of benzene rings is 1. The number of nitrogens with zero attached hydrogens (tertiary/aromatic N) is 2. The highest BCUT2D eigenvalue weighted by molar-refractivity contribution is 5.92. The van der Waals surface area contributed by atoms with Gasteiger partial charge in [0.15, 0.2) is 5.58 Å². The van der Waals surface area contributed by atoms with Gasteiger partial charge in [-0.15, -0.1) is 0 Å². The largest absolute Gasteiger partial charge is 0.506 e. The summed E-state index contributed by atoms with van der Waals surface area (Å²) in [6, 6.07) is 9.04. The average molecular weight is 298 g/mol. The summed E-state index contributed by atoms with van der Waals surface area (Å²) < 4.78 is 6.42. The molecule has 0 radical (unpaired) electrons. The highest BCUT2D eigenvalue weighted by Crippen LogP contribution is 2.29. The Kier molecular flexibility index (Phi) is 3.29. The van der Waals surface area contributed by atoms with E-state index >= 15 is 0 Å². The second-order valence-electron chi connectivity index (χ2n) is 4.92. The van der Waals surface area contributed by atoms with Crippen LogP contribution >= 0.6 is 0 Å². The molecule has 0 fully saturated rings. The maximum Gasteiger partial charge on any atom is 0.343 e. The number of aromatic nitrogens is 2. The normalized spacial score (nSPS) is 11.0. The SMILES string of the molecule is CCc1c(O)c2c(=O)n(C)nc(-c3ccccc3)c2oc1=O. The van der Waals surface area contributed by atoms with Crippen LogP contribution in [0.4, 0.5) is 0 Å². The van der Waals surface area contributed by atoms with Crippen molar-refractivity contribution >= 4 is 11.0 Å². The van der Waals surface area contributed by atoms with Crippen molar-refractivity contribution in [2.75, 3.05) is 0 Å². The first-order valence-electron chi connectivity index (χ1n) is 6.86. The van der Waals surface area contributed by atoms with E-state index in [9.17, 15) is 14.7 Å². The summed E-state index contributed by atoms with van der Waals surface area (Å²) in [5, 5.41) is 14.5. The summed E-state index contributed by atoms with van der Waals surface area (Å²) in [6.07, 6.45) is 0.274. The lowest BCUT2D eigenvalue weighted by atomic mass is 10.1. The van der Waals surface area contributed by atoms with Crippen molar-refractivity contribution in [1.29, 1.82) is 0 Å². The third kappa shape index (κ3) is 2.00. The number of hydrogen-bond acceptors (Lipinski definition) is 5. The number of aromatic hydroxyl groups is 1. The van der Waals surface area contributed by atoms with Gasteiger partial charge in [-0.05, 0) is 6.42 Å². The third-order valence-electron chi connectivity index (χ3n) is 3.56. The lowest BCUT2D eigenvalue weighted by molar-refractivity contribution is 0.455. The molecule has 0 spiro atoms. The Morgan fingerprint density at radius 3 is 2.55 bits per heavy atom. The van der Waals surface area contributed by atoms with Crippen molar-refractivity contribution in [2.24, 2.45) is 7.05 Å². The molecule has 0 unspecified atom stereocenters. The monoisotopic (exact) mass is 298 g/mol. The van der Waals surface area contributed by atoms with E-state index in [2.05, 4.69) is 5.10 Å². The van der Waals surface area contributed by atoms with Crippen LogP contribution in [-0.4, -0.2) is 14.9 Å². The first-order chi connectivity index (χ1) is 10.5. The van der Waals surface area contributed by atoms with E-state index in [1.165, 1.54) is 7.05 Å². The van der Waals surface area contributed by atoms with Gasteiger partial charge in [0.2, 0.25) is 0 Å². The molecular formula is C16H14N2O4. The standard InChI is InChI=1S/C16H14N2O4/c1-3-10-13(19)11-14(22-16(10)21)12(17-18(2)15(11)20)9-7-5-4-6-8-9/h4-8,19H,3H2,1-2H3. The predicted octanol–water partition coefficient (Wildman–Crippen LogP) is 1.82. The van der Waals surface area contributed by atoms with E-state index in [0.29, 0.717) is 11.3 Å². The highest BCUT2D eigenvalue weighted by Gasteiger charge is 2.21. The van der Waals surface area contributed by atoms with Gasteiger partial charge in [0, 0.05) is 12.6 Å². The molecule has 6 nitrogen and oxygen atoms in total. The zero-order valence-electron chi connectivity index (χ0n) is 12.2. The summed E-state index contributed by atoms with van der Waals surface area (Å²) in [7, 11) is 1.49. The highest BCUT2D eigenvalue weighted by atomic mass is 16.4. The van der Waals surface area contributed by atoms with Crippen LogP contribution in [0.5, 0.6) is 5.75 Å². The van der Waals surface area contributed by atoms with Crippen LogP contribution in [0.2, 0.25) is 0 Å². The molecule has 0 bridgehead atoms. The Bertz CT molecular complexity index is 971. The van der Waals surface area contributed by atoms with Crippen LogP contribution in [-0.2, 0) is 13.5 Å². The fourth-order valence-electron chi connectivity index (χ4n) is 2.42. The Hall–Kier alpha value is -2.89. The van der Waals surface area contributed by atoms with E-state index in [0.717, 1.165) is 4.68 Å². The second kappa shape index (κ2) is 5.14. The maximum absolute atomic E-state index is 12.3. The molecule has 2 heterocycles. The van der Waals surface area contributed by atoms with Gasteiger partial charge in [-0.1, -0.05) is 37.3 Å². The van der Waals surface area contributed by atoms with Crippen LogP contribution in [0.3, 0.4) is 0 Å². The second-order valence-corrected chi connectivity index (χ2v) is 4.92. The zero-order valence-corrected chi connectivity index (χ0v) is 12.2. The summed E-state index contributed by atoms with van der Waals surface area (Å²) in [5.74, 6) is -0.325. The Morgan fingerprint density at radius 1 is 1.23 bits per heavy atom. The minimum absolute atomic E-state index is 0.00833. The average Bonchev–Trinajstić information content (AvgIpc) is 2.51. The van der Waals surface area contributed by atoms with Gasteiger partial charge >= 0.3 is 5.63 Å². The van der Waals surface area contributed by atoms with Crippen molar-refractivity contribution in [3.8, 4) is 17.0 Å². The molecule has 3 aromatic rings. The van der Waals surface area contributed by atoms with Gasteiger partial charge in [-0.25, -0.2) is 9.48 Å². The van der Waals surface area contributed by atoms with Crippen LogP contribution < -0.4 is 11.2 Å². The molecule has 0 saturated carbocycles. The van der Waals surface area contributed by atoms with E-state index in [4.69, 9.17) is 4.42 Å². The molecule has 0 aliphatic carbocycles. The van der Waals surface area contributed by atoms with E-state index in [-0.39, 0.29) is 28.7 Å². The van der Waals surface area contributed by atoms with Crippen LogP contribution in [0.15, 0.2) is 44.3 Å². The molecule has 0 saturated heterocycles. The van der Waals surface area contributed by atoms with Crippen molar-refractivity contribution in [1.82, 2.24) is 9.78 Å². The first-order valence-corrected chi connectivity index (χ1v) is 6.86. The Morgan fingerprint density at radius 2 is 1.91 bits per heavy atom.